The van der Waals surface area contributed by atoms with Gasteiger partial charge in [0.15, 0.2) is 0 Å². The minimum Gasteiger partial charge on any atom is -0.323 e. The monoisotopic (exact) mass is 314 g/mol. The summed E-state index contributed by atoms with van der Waals surface area (Å²) in [6.07, 6.45) is 2.24. The molecule has 1 atom stereocenters. The fourth-order valence-electron chi connectivity index (χ4n) is 2.12. The number of anilines is 1. The Balaban J connectivity index is 2.24. The van der Waals surface area contributed by atoms with Crippen LogP contribution in [-0.2, 0) is 10.0 Å². The van der Waals surface area contributed by atoms with E-state index in [1.807, 2.05) is 6.92 Å². The van der Waals surface area contributed by atoms with E-state index in [0.29, 0.717) is 12.5 Å². The SMILES string of the molecule is CC(CNS(=O)(=O)c1cc([N+](=O)[O-])ccc1NN)C1CC1. The minimum absolute atomic E-state index is 0.118. The lowest BCUT2D eigenvalue weighted by atomic mass is 10.1. The Kier molecular flexibility index (Phi) is 4.45. The van der Waals surface area contributed by atoms with Crippen LogP contribution in [0.15, 0.2) is 23.1 Å². The van der Waals surface area contributed by atoms with Crippen molar-refractivity contribution in [2.75, 3.05) is 12.0 Å². The molecular formula is C12H18N4O4S. The number of hydrazine groups is 1. The van der Waals surface area contributed by atoms with Crippen LogP contribution in [0.2, 0.25) is 0 Å². The van der Waals surface area contributed by atoms with Crippen molar-refractivity contribution in [3.8, 4) is 0 Å². The first-order chi connectivity index (χ1) is 9.85. The summed E-state index contributed by atoms with van der Waals surface area (Å²) in [5, 5.41) is 10.8. The maximum Gasteiger partial charge on any atom is 0.270 e. The number of rotatable bonds is 7. The third-order valence-corrected chi connectivity index (χ3v) is 5.11. The summed E-state index contributed by atoms with van der Waals surface area (Å²) in [6.45, 7) is 2.29. The van der Waals surface area contributed by atoms with Crippen LogP contribution in [0.1, 0.15) is 19.8 Å². The third-order valence-electron chi connectivity index (χ3n) is 3.64. The molecule has 8 nitrogen and oxygen atoms in total. The number of non-ortho nitro benzene ring substituents is 1. The van der Waals surface area contributed by atoms with Crippen LogP contribution in [0.3, 0.4) is 0 Å². The Hall–Kier alpha value is -1.71. The molecule has 0 spiro atoms. The predicted octanol–water partition coefficient (Wildman–Crippen LogP) is 1.20. The van der Waals surface area contributed by atoms with E-state index in [0.717, 1.165) is 18.9 Å². The quantitative estimate of drug-likeness (QED) is 0.394. The van der Waals surface area contributed by atoms with Crippen molar-refractivity contribution in [2.24, 2.45) is 17.7 Å². The van der Waals surface area contributed by atoms with Gasteiger partial charge in [0.25, 0.3) is 5.69 Å². The zero-order valence-electron chi connectivity index (χ0n) is 11.6. The highest BCUT2D eigenvalue weighted by Gasteiger charge is 2.29. The smallest absolute Gasteiger partial charge is 0.270 e. The number of nitro benzene ring substituents is 1. The molecule has 21 heavy (non-hydrogen) atoms. The molecule has 4 N–H and O–H groups in total. The second kappa shape index (κ2) is 5.96. The molecule has 1 unspecified atom stereocenters. The maximum absolute atomic E-state index is 12.3. The number of sulfonamides is 1. The van der Waals surface area contributed by atoms with E-state index in [-0.39, 0.29) is 22.2 Å². The summed E-state index contributed by atoms with van der Waals surface area (Å²) in [5.41, 5.74) is 2.07. The number of nitro groups is 1. The fourth-order valence-corrected chi connectivity index (χ4v) is 3.45. The second-order valence-corrected chi connectivity index (χ2v) is 6.98. The molecule has 0 radical (unpaired) electrons. The molecule has 0 bridgehead atoms. The molecule has 1 aliphatic rings. The van der Waals surface area contributed by atoms with Crippen molar-refractivity contribution in [3.05, 3.63) is 28.3 Å². The minimum atomic E-state index is -3.86. The van der Waals surface area contributed by atoms with E-state index in [4.69, 9.17) is 5.84 Å². The normalized spacial score (nSPS) is 16.5. The zero-order valence-corrected chi connectivity index (χ0v) is 12.4. The first-order valence-electron chi connectivity index (χ1n) is 6.60. The predicted molar refractivity (Wildman–Crippen MR) is 78.0 cm³/mol. The lowest BCUT2D eigenvalue weighted by Gasteiger charge is -2.14. The number of nitrogen functional groups attached to an aromatic ring is 1. The molecule has 0 saturated heterocycles. The summed E-state index contributed by atoms with van der Waals surface area (Å²) in [4.78, 5) is 9.92. The second-order valence-electron chi connectivity index (χ2n) is 5.25. The Morgan fingerprint density at radius 1 is 1.48 bits per heavy atom. The Labute approximate surface area is 122 Å². The van der Waals surface area contributed by atoms with Gasteiger partial charge < -0.3 is 5.43 Å². The van der Waals surface area contributed by atoms with E-state index in [2.05, 4.69) is 10.1 Å². The van der Waals surface area contributed by atoms with Gasteiger partial charge in [-0.15, -0.1) is 0 Å². The van der Waals surface area contributed by atoms with Crippen LogP contribution in [0.4, 0.5) is 11.4 Å². The van der Waals surface area contributed by atoms with Crippen molar-refractivity contribution >= 4 is 21.4 Å². The number of benzene rings is 1. The van der Waals surface area contributed by atoms with Crippen LogP contribution < -0.4 is 16.0 Å². The van der Waals surface area contributed by atoms with Crippen molar-refractivity contribution in [3.63, 3.8) is 0 Å². The molecule has 0 aliphatic heterocycles. The molecule has 116 valence electrons. The van der Waals surface area contributed by atoms with Crippen LogP contribution in [0, 0.1) is 22.0 Å². The highest BCUT2D eigenvalue weighted by molar-refractivity contribution is 7.89. The van der Waals surface area contributed by atoms with Crippen molar-refractivity contribution in [1.82, 2.24) is 4.72 Å². The average molecular weight is 314 g/mol. The van der Waals surface area contributed by atoms with Gasteiger partial charge in [0.05, 0.1) is 10.6 Å². The number of nitrogens with two attached hydrogens (primary N) is 1. The highest BCUT2D eigenvalue weighted by Crippen LogP contribution is 2.36. The molecule has 0 aromatic heterocycles. The Bertz CT molecular complexity index is 643. The van der Waals surface area contributed by atoms with Gasteiger partial charge >= 0.3 is 0 Å². The molecular weight excluding hydrogens is 296 g/mol. The van der Waals surface area contributed by atoms with E-state index in [1.165, 1.54) is 12.1 Å². The summed E-state index contributed by atoms with van der Waals surface area (Å²) in [5.74, 6) is 6.08. The molecule has 1 aliphatic carbocycles. The Morgan fingerprint density at radius 3 is 2.67 bits per heavy atom. The summed E-state index contributed by atoms with van der Waals surface area (Å²) < 4.78 is 27.1. The molecule has 0 heterocycles. The third kappa shape index (κ3) is 3.69. The number of nitrogens with one attached hydrogen (secondary N) is 2. The van der Waals surface area contributed by atoms with Gasteiger partial charge in [-0.3, -0.25) is 16.0 Å². The molecule has 0 amide bonds. The first-order valence-corrected chi connectivity index (χ1v) is 8.08. The van der Waals surface area contributed by atoms with Gasteiger partial charge in [-0.2, -0.15) is 0 Å². The van der Waals surface area contributed by atoms with Crippen LogP contribution in [0.5, 0.6) is 0 Å². The fraction of sp³-hybridized carbons (Fsp3) is 0.500. The molecule has 2 rings (SSSR count). The van der Waals surface area contributed by atoms with Gasteiger partial charge in [-0.25, -0.2) is 13.1 Å². The summed E-state index contributed by atoms with van der Waals surface area (Å²) in [7, 11) is -3.86. The first kappa shape index (κ1) is 15.7. The van der Waals surface area contributed by atoms with Gasteiger partial charge in [-0.05, 0) is 30.7 Å². The maximum atomic E-state index is 12.3. The van der Waals surface area contributed by atoms with Gasteiger partial charge in [-0.1, -0.05) is 6.92 Å². The van der Waals surface area contributed by atoms with Crippen LogP contribution in [0.25, 0.3) is 0 Å². The number of nitrogens with zero attached hydrogens (tertiary/aromatic N) is 1. The topological polar surface area (TPSA) is 127 Å². The van der Waals surface area contributed by atoms with E-state index < -0.39 is 14.9 Å². The van der Waals surface area contributed by atoms with Gasteiger partial charge in [0, 0.05) is 18.7 Å². The number of hydrogen-bond donors (Lipinski definition) is 3. The lowest BCUT2D eigenvalue weighted by Crippen LogP contribution is -2.30. The van der Waals surface area contributed by atoms with Crippen LogP contribution >= 0.6 is 0 Å². The van der Waals surface area contributed by atoms with Crippen LogP contribution in [-0.4, -0.2) is 19.9 Å². The molecule has 1 saturated carbocycles. The van der Waals surface area contributed by atoms with E-state index in [1.54, 1.807) is 0 Å². The van der Waals surface area contributed by atoms with Gasteiger partial charge in [0.2, 0.25) is 10.0 Å². The summed E-state index contributed by atoms with van der Waals surface area (Å²) in [6, 6.07) is 3.47. The van der Waals surface area contributed by atoms with Crippen molar-refractivity contribution < 1.29 is 13.3 Å². The molecule has 1 aromatic carbocycles. The standard InChI is InChI=1S/C12H18N4O4S/c1-8(9-2-3-9)7-14-21(19,20)12-6-10(16(17)18)4-5-11(12)15-13/h4-6,8-9,14-15H,2-3,7,13H2,1H3. The zero-order chi connectivity index (χ0) is 15.6. The number of hydrogen-bond acceptors (Lipinski definition) is 6. The van der Waals surface area contributed by atoms with E-state index >= 15 is 0 Å². The Morgan fingerprint density at radius 2 is 2.14 bits per heavy atom. The molecule has 9 heteroatoms. The average Bonchev–Trinajstić information content (AvgIpc) is 3.28. The van der Waals surface area contributed by atoms with Crippen molar-refractivity contribution in [1.29, 1.82) is 0 Å². The van der Waals surface area contributed by atoms with Crippen molar-refractivity contribution in [2.45, 2.75) is 24.7 Å². The molecule has 1 aromatic rings. The van der Waals surface area contributed by atoms with Gasteiger partial charge in [0.1, 0.15) is 4.90 Å². The highest BCUT2D eigenvalue weighted by atomic mass is 32.2. The lowest BCUT2D eigenvalue weighted by molar-refractivity contribution is -0.385. The summed E-state index contributed by atoms with van der Waals surface area (Å²) >= 11 is 0. The molecule has 1 fully saturated rings. The van der Waals surface area contributed by atoms with E-state index in [9.17, 15) is 18.5 Å². The largest absolute Gasteiger partial charge is 0.323 e.